The van der Waals surface area contributed by atoms with Gasteiger partial charge in [-0.25, -0.2) is 4.98 Å². The van der Waals surface area contributed by atoms with Gasteiger partial charge in [-0.3, -0.25) is 9.59 Å². The number of fused-ring (bicyclic) bond motifs is 1. The van der Waals surface area contributed by atoms with Gasteiger partial charge in [0.25, 0.3) is 5.91 Å². The van der Waals surface area contributed by atoms with E-state index in [1.165, 1.54) is 30.2 Å². The molecule has 0 saturated carbocycles. The van der Waals surface area contributed by atoms with E-state index in [1.54, 1.807) is 18.3 Å². The van der Waals surface area contributed by atoms with Crippen LogP contribution in [0.1, 0.15) is 39.0 Å². The quantitative estimate of drug-likeness (QED) is 0.403. The molecule has 2 aromatic rings. The molecule has 1 heterocycles. The molecule has 1 N–H and O–H groups in total. The Morgan fingerprint density at radius 2 is 2.19 bits per heavy atom. The van der Waals surface area contributed by atoms with Crippen molar-refractivity contribution in [2.75, 3.05) is 12.3 Å². The molecule has 0 radical (unpaired) electrons. The fraction of sp³-hybridized carbons (Fsp3) is 0.450. The highest BCUT2D eigenvalue weighted by Crippen LogP contribution is 2.29. The number of thiazole rings is 1. The Hall–Kier alpha value is -1.86. The first-order valence-corrected chi connectivity index (χ1v) is 11.1. The average molecular weight is 405 g/mol. The van der Waals surface area contributed by atoms with E-state index in [9.17, 15) is 9.59 Å². The number of allylic oxidation sites excluding steroid dienone is 1. The lowest BCUT2D eigenvalue weighted by Crippen LogP contribution is -2.36. The molecule has 7 heteroatoms. The van der Waals surface area contributed by atoms with Crippen LogP contribution in [0.2, 0.25) is 0 Å². The van der Waals surface area contributed by atoms with Gasteiger partial charge in [0.2, 0.25) is 0 Å². The highest BCUT2D eigenvalue weighted by molar-refractivity contribution is 8.01. The first-order chi connectivity index (χ1) is 13.1. The van der Waals surface area contributed by atoms with Crippen molar-refractivity contribution in [2.24, 2.45) is 0 Å². The third kappa shape index (κ3) is 6.07. The van der Waals surface area contributed by atoms with Crippen LogP contribution in [0.4, 0.5) is 0 Å². The zero-order valence-corrected chi connectivity index (χ0v) is 17.0. The van der Waals surface area contributed by atoms with Crippen LogP contribution >= 0.6 is 23.1 Å². The first-order valence-electron chi connectivity index (χ1n) is 9.25. The van der Waals surface area contributed by atoms with Crippen molar-refractivity contribution in [1.82, 2.24) is 10.3 Å². The maximum absolute atomic E-state index is 12.1. The molecular weight excluding hydrogens is 380 g/mol. The molecule has 1 unspecified atom stereocenters. The van der Waals surface area contributed by atoms with Crippen LogP contribution in [0.5, 0.6) is 0 Å². The molecule has 1 aliphatic rings. The number of para-hydroxylation sites is 1. The largest absolute Gasteiger partial charge is 0.452 e. The molecule has 1 aromatic heterocycles. The molecule has 5 nitrogen and oxygen atoms in total. The molecule has 0 aliphatic heterocycles. The normalized spacial score (nSPS) is 15.2. The second-order valence-electron chi connectivity index (χ2n) is 6.52. The number of benzene rings is 1. The average Bonchev–Trinajstić information content (AvgIpc) is 3.10. The number of amides is 1. The summed E-state index contributed by atoms with van der Waals surface area (Å²) in [5.74, 6) is -0.508. The maximum Gasteiger partial charge on any atom is 0.317 e. The predicted octanol–water partition coefficient (Wildman–Crippen LogP) is 4.33. The topological polar surface area (TPSA) is 68.3 Å². The lowest BCUT2D eigenvalue weighted by molar-refractivity contribution is -0.152. The van der Waals surface area contributed by atoms with Gasteiger partial charge < -0.3 is 10.1 Å². The van der Waals surface area contributed by atoms with Gasteiger partial charge in [-0.2, -0.15) is 0 Å². The number of rotatable bonds is 8. The minimum atomic E-state index is -0.784. The lowest BCUT2D eigenvalue weighted by Gasteiger charge is -2.15. The summed E-state index contributed by atoms with van der Waals surface area (Å²) in [4.78, 5) is 28.6. The first kappa shape index (κ1) is 19.9. The van der Waals surface area contributed by atoms with Crippen LogP contribution in [0.3, 0.4) is 0 Å². The van der Waals surface area contributed by atoms with Gasteiger partial charge in [0, 0.05) is 6.54 Å². The van der Waals surface area contributed by atoms with Crippen molar-refractivity contribution < 1.29 is 14.3 Å². The van der Waals surface area contributed by atoms with Crippen LogP contribution in [0, 0.1) is 0 Å². The van der Waals surface area contributed by atoms with E-state index < -0.39 is 12.1 Å². The molecule has 0 spiro atoms. The molecule has 1 aliphatic carbocycles. The third-order valence-corrected chi connectivity index (χ3v) is 6.55. The van der Waals surface area contributed by atoms with Gasteiger partial charge in [-0.1, -0.05) is 35.5 Å². The monoisotopic (exact) mass is 404 g/mol. The van der Waals surface area contributed by atoms with Gasteiger partial charge >= 0.3 is 5.97 Å². The van der Waals surface area contributed by atoms with Crippen LogP contribution in [0.25, 0.3) is 10.2 Å². The zero-order chi connectivity index (χ0) is 19.1. The Kier molecular flexibility index (Phi) is 7.29. The summed E-state index contributed by atoms with van der Waals surface area (Å²) in [5, 5.41) is 2.85. The summed E-state index contributed by atoms with van der Waals surface area (Å²) in [5.41, 5.74) is 2.35. The van der Waals surface area contributed by atoms with Crippen molar-refractivity contribution in [3.05, 3.63) is 35.9 Å². The number of carbonyl (C=O) groups is 2. The molecule has 0 saturated heterocycles. The number of esters is 1. The predicted molar refractivity (Wildman–Crippen MR) is 110 cm³/mol. The summed E-state index contributed by atoms with van der Waals surface area (Å²) in [6.45, 7) is 2.20. The molecule has 3 rings (SSSR count). The Morgan fingerprint density at radius 3 is 2.96 bits per heavy atom. The molecule has 0 fully saturated rings. The molecule has 1 amide bonds. The molecule has 144 valence electrons. The zero-order valence-electron chi connectivity index (χ0n) is 15.4. The second-order valence-corrected chi connectivity index (χ2v) is 8.77. The molecule has 27 heavy (non-hydrogen) atoms. The van der Waals surface area contributed by atoms with Crippen molar-refractivity contribution in [3.8, 4) is 0 Å². The standard InChI is InChI=1S/C20H24N2O3S2/c1-14(19(24)21-12-11-15-7-3-2-4-8-15)25-18(23)13-26-20-22-16-9-5-6-10-17(16)27-20/h5-7,9-10,14H,2-4,8,11-13H2,1H3,(H,21,24). The van der Waals surface area contributed by atoms with E-state index in [1.807, 2.05) is 24.3 Å². The summed E-state index contributed by atoms with van der Waals surface area (Å²) in [6, 6.07) is 7.86. The smallest absolute Gasteiger partial charge is 0.317 e. The fourth-order valence-corrected chi connectivity index (χ4v) is 4.79. The Morgan fingerprint density at radius 1 is 1.33 bits per heavy atom. The highest BCUT2D eigenvalue weighted by atomic mass is 32.2. The molecular formula is C20H24N2O3S2. The summed E-state index contributed by atoms with van der Waals surface area (Å²) >= 11 is 2.89. The number of ether oxygens (including phenoxy) is 1. The number of hydrogen-bond donors (Lipinski definition) is 1. The van der Waals surface area contributed by atoms with Crippen molar-refractivity contribution in [3.63, 3.8) is 0 Å². The number of aromatic nitrogens is 1. The van der Waals surface area contributed by atoms with Gasteiger partial charge in [-0.05, 0) is 51.2 Å². The van der Waals surface area contributed by atoms with Gasteiger partial charge in [0.1, 0.15) is 0 Å². The number of carbonyl (C=O) groups excluding carboxylic acids is 2. The summed E-state index contributed by atoms with van der Waals surface area (Å²) < 4.78 is 7.16. The number of thioether (sulfide) groups is 1. The van der Waals surface area contributed by atoms with Crippen LogP contribution in [-0.2, 0) is 14.3 Å². The molecule has 1 atom stereocenters. The Bertz CT molecular complexity index is 798. The van der Waals surface area contributed by atoms with Crippen molar-refractivity contribution in [2.45, 2.75) is 49.5 Å². The Labute approximate surface area is 167 Å². The van der Waals surface area contributed by atoms with E-state index >= 15 is 0 Å². The van der Waals surface area contributed by atoms with Crippen molar-refractivity contribution in [1.29, 1.82) is 0 Å². The summed E-state index contributed by atoms with van der Waals surface area (Å²) in [7, 11) is 0. The van der Waals surface area contributed by atoms with E-state index in [0.29, 0.717) is 6.54 Å². The number of nitrogens with zero attached hydrogens (tertiary/aromatic N) is 1. The van der Waals surface area contributed by atoms with Crippen LogP contribution in [-0.4, -0.2) is 35.3 Å². The SMILES string of the molecule is CC(OC(=O)CSc1nc2ccccc2s1)C(=O)NCCC1=CCCCC1. The number of hydrogen-bond acceptors (Lipinski definition) is 6. The van der Waals surface area contributed by atoms with Crippen LogP contribution < -0.4 is 5.32 Å². The van der Waals surface area contributed by atoms with Crippen LogP contribution in [0.15, 0.2) is 40.3 Å². The summed E-state index contributed by atoms with van der Waals surface area (Å²) in [6.07, 6.45) is 7.14. The van der Waals surface area contributed by atoms with E-state index in [0.717, 1.165) is 33.8 Å². The molecule has 0 bridgehead atoms. The van der Waals surface area contributed by atoms with Gasteiger partial charge in [0.05, 0.1) is 16.0 Å². The second kappa shape index (κ2) is 9.90. The maximum atomic E-state index is 12.1. The minimum Gasteiger partial charge on any atom is -0.452 e. The van der Waals surface area contributed by atoms with Crippen molar-refractivity contribution >= 4 is 45.2 Å². The Balaban J connectivity index is 1.37. The van der Waals surface area contributed by atoms with E-state index in [2.05, 4.69) is 16.4 Å². The molecule has 1 aromatic carbocycles. The lowest BCUT2D eigenvalue weighted by atomic mass is 9.97. The fourth-order valence-electron chi connectivity index (χ4n) is 2.94. The third-order valence-electron chi connectivity index (χ3n) is 4.40. The van der Waals surface area contributed by atoms with E-state index in [-0.39, 0.29) is 11.7 Å². The van der Waals surface area contributed by atoms with Gasteiger partial charge in [-0.15, -0.1) is 11.3 Å². The minimum absolute atomic E-state index is 0.143. The highest BCUT2D eigenvalue weighted by Gasteiger charge is 2.18. The van der Waals surface area contributed by atoms with Gasteiger partial charge in [0.15, 0.2) is 10.4 Å². The number of nitrogens with one attached hydrogen (secondary N) is 1. The van der Waals surface area contributed by atoms with E-state index in [4.69, 9.17) is 4.74 Å².